The molecular weight excluding hydrogens is 250 g/mol. The highest BCUT2D eigenvalue weighted by atomic mass is 32.2. The number of nitrogens with zero attached hydrogens (tertiary/aromatic N) is 2. The highest BCUT2D eigenvalue weighted by Crippen LogP contribution is 2.48. The molecule has 3 nitrogen and oxygen atoms in total. The molecule has 1 aromatic heterocycles. The summed E-state index contributed by atoms with van der Waals surface area (Å²) in [5.74, 6) is 2.65. The van der Waals surface area contributed by atoms with Crippen LogP contribution in [-0.2, 0) is 0 Å². The first-order valence-corrected chi connectivity index (χ1v) is 8.28. The number of nitrogens with two attached hydrogens (primary N) is 1. The van der Waals surface area contributed by atoms with Gasteiger partial charge in [-0.25, -0.2) is 0 Å². The lowest BCUT2D eigenvalue weighted by molar-refractivity contribution is 0.671. The summed E-state index contributed by atoms with van der Waals surface area (Å²) in [6.07, 6.45) is 5.93. The van der Waals surface area contributed by atoms with Crippen LogP contribution in [0.5, 0.6) is 0 Å². The maximum atomic E-state index is 5.99. The fourth-order valence-corrected chi connectivity index (χ4v) is 3.53. The number of nitrogen functional groups attached to an aromatic ring is 1. The maximum Gasteiger partial charge on any atom is 0.142 e. The molecule has 1 aliphatic carbocycles. The van der Waals surface area contributed by atoms with Crippen LogP contribution in [0.3, 0.4) is 0 Å². The summed E-state index contributed by atoms with van der Waals surface area (Å²) in [6.45, 7) is 2.28. The molecular formula is C12H21N3S2. The van der Waals surface area contributed by atoms with Crippen LogP contribution in [0.4, 0.5) is 10.8 Å². The Morgan fingerprint density at radius 3 is 2.88 bits per heavy atom. The predicted octanol–water partition coefficient (Wildman–Crippen LogP) is 3.18. The fourth-order valence-electron chi connectivity index (χ4n) is 1.99. The third-order valence-electron chi connectivity index (χ3n) is 3.44. The number of hydrogen-bond acceptors (Lipinski definition) is 5. The van der Waals surface area contributed by atoms with Gasteiger partial charge in [0.1, 0.15) is 10.8 Å². The van der Waals surface area contributed by atoms with Crippen LogP contribution in [0, 0.1) is 0 Å². The topological polar surface area (TPSA) is 42.2 Å². The molecule has 0 amide bonds. The molecule has 2 N–H and O–H groups in total. The van der Waals surface area contributed by atoms with Gasteiger partial charge in [-0.05, 0) is 55.6 Å². The first-order valence-electron chi connectivity index (χ1n) is 6.12. The van der Waals surface area contributed by atoms with Crippen molar-refractivity contribution in [1.82, 2.24) is 4.37 Å². The van der Waals surface area contributed by atoms with Gasteiger partial charge in [-0.2, -0.15) is 16.1 Å². The Hall–Kier alpha value is -0.420. The van der Waals surface area contributed by atoms with Gasteiger partial charge >= 0.3 is 0 Å². The lowest BCUT2D eigenvalue weighted by Crippen LogP contribution is -2.29. The van der Waals surface area contributed by atoms with Crippen molar-refractivity contribution in [2.45, 2.75) is 38.1 Å². The van der Waals surface area contributed by atoms with E-state index in [1.54, 1.807) is 11.5 Å². The third-order valence-corrected chi connectivity index (χ3v) is 5.06. The summed E-state index contributed by atoms with van der Waals surface area (Å²) < 4.78 is 4.33. The number of anilines is 2. The molecule has 17 heavy (non-hydrogen) atoms. The quantitative estimate of drug-likeness (QED) is 0.863. The molecule has 0 saturated heterocycles. The van der Waals surface area contributed by atoms with Gasteiger partial charge in [0.15, 0.2) is 0 Å². The third kappa shape index (κ3) is 2.88. The monoisotopic (exact) mass is 271 g/mol. The minimum atomic E-state index is 0.555. The van der Waals surface area contributed by atoms with Crippen molar-refractivity contribution >= 4 is 34.1 Å². The van der Waals surface area contributed by atoms with Gasteiger partial charge in [0.25, 0.3) is 0 Å². The van der Waals surface area contributed by atoms with E-state index in [1.165, 1.54) is 35.6 Å². The molecule has 0 bridgehead atoms. The lowest BCUT2D eigenvalue weighted by Gasteiger charge is -2.26. The molecule has 2 rings (SSSR count). The van der Waals surface area contributed by atoms with E-state index in [9.17, 15) is 0 Å². The summed E-state index contributed by atoms with van der Waals surface area (Å²) in [5.41, 5.74) is 7.30. The standard InChI is InChI=1S/C12H21N3S2/c1-8(6-7-16-3)15(2)12-10(9-4-5-9)11(13)14-17-12/h8-9H,4-7H2,1-3H3,(H2,13,14). The maximum absolute atomic E-state index is 5.99. The Morgan fingerprint density at radius 1 is 1.59 bits per heavy atom. The van der Waals surface area contributed by atoms with E-state index in [-0.39, 0.29) is 0 Å². The molecule has 1 heterocycles. The molecule has 1 unspecified atom stereocenters. The fraction of sp³-hybridized carbons (Fsp3) is 0.750. The average Bonchev–Trinajstić information content (AvgIpc) is 3.08. The molecule has 0 radical (unpaired) electrons. The average molecular weight is 271 g/mol. The van der Waals surface area contributed by atoms with Crippen LogP contribution < -0.4 is 10.6 Å². The molecule has 0 spiro atoms. The second kappa shape index (κ2) is 5.48. The second-order valence-electron chi connectivity index (χ2n) is 4.80. The minimum absolute atomic E-state index is 0.555. The smallest absolute Gasteiger partial charge is 0.142 e. The van der Waals surface area contributed by atoms with E-state index in [0.717, 1.165) is 5.82 Å². The molecule has 0 aliphatic heterocycles. The van der Waals surface area contributed by atoms with E-state index in [1.807, 2.05) is 11.8 Å². The van der Waals surface area contributed by atoms with Gasteiger partial charge < -0.3 is 10.6 Å². The minimum Gasteiger partial charge on any atom is -0.383 e. The number of aromatic nitrogens is 1. The summed E-state index contributed by atoms with van der Waals surface area (Å²) in [7, 11) is 2.17. The van der Waals surface area contributed by atoms with Gasteiger partial charge in [0.05, 0.1) is 0 Å². The van der Waals surface area contributed by atoms with Gasteiger partial charge in [-0.3, -0.25) is 0 Å². The summed E-state index contributed by atoms with van der Waals surface area (Å²) in [4.78, 5) is 2.36. The van der Waals surface area contributed by atoms with Crippen LogP contribution in [0.15, 0.2) is 0 Å². The summed E-state index contributed by atoms with van der Waals surface area (Å²) >= 11 is 3.47. The number of rotatable bonds is 6. The van der Waals surface area contributed by atoms with Crippen molar-refractivity contribution in [3.63, 3.8) is 0 Å². The van der Waals surface area contributed by atoms with Gasteiger partial charge in [-0.15, -0.1) is 0 Å². The van der Waals surface area contributed by atoms with Crippen molar-refractivity contribution in [3.05, 3.63) is 5.56 Å². The summed E-state index contributed by atoms with van der Waals surface area (Å²) in [6, 6.07) is 0.555. The Bertz CT molecular complexity index is 374. The van der Waals surface area contributed by atoms with Gasteiger partial charge in [-0.1, -0.05) is 0 Å². The van der Waals surface area contributed by atoms with Crippen molar-refractivity contribution in [3.8, 4) is 0 Å². The molecule has 1 fully saturated rings. The predicted molar refractivity (Wildman–Crippen MR) is 79.4 cm³/mol. The van der Waals surface area contributed by atoms with E-state index in [4.69, 9.17) is 5.73 Å². The van der Waals surface area contributed by atoms with Crippen LogP contribution in [0.2, 0.25) is 0 Å². The molecule has 0 aromatic carbocycles. The molecule has 5 heteroatoms. The van der Waals surface area contributed by atoms with E-state index in [0.29, 0.717) is 12.0 Å². The highest BCUT2D eigenvalue weighted by Gasteiger charge is 2.32. The highest BCUT2D eigenvalue weighted by molar-refractivity contribution is 7.98. The normalized spacial score (nSPS) is 17.1. The summed E-state index contributed by atoms with van der Waals surface area (Å²) in [5, 5.41) is 1.29. The number of thioether (sulfide) groups is 1. The van der Waals surface area contributed by atoms with Crippen molar-refractivity contribution in [1.29, 1.82) is 0 Å². The van der Waals surface area contributed by atoms with Crippen LogP contribution in [0.25, 0.3) is 0 Å². The zero-order valence-corrected chi connectivity index (χ0v) is 12.4. The molecule has 1 atom stereocenters. The Kier molecular flexibility index (Phi) is 4.20. The van der Waals surface area contributed by atoms with Crippen molar-refractivity contribution in [2.75, 3.05) is 29.7 Å². The van der Waals surface area contributed by atoms with Gasteiger partial charge in [0.2, 0.25) is 0 Å². The van der Waals surface area contributed by atoms with E-state index >= 15 is 0 Å². The molecule has 1 aromatic rings. The Balaban J connectivity index is 2.10. The lowest BCUT2D eigenvalue weighted by atomic mass is 10.1. The first-order chi connectivity index (χ1) is 8.15. The molecule has 1 saturated carbocycles. The Morgan fingerprint density at radius 2 is 2.29 bits per heavy atom. The zero-order valence-electron chi connectivity index (χ0n) is 10.8. The van der Waals surface area contributed by atoms with E-state index in [2.05, 4.69) is 29.5 Å². The van der Waals surface area contributed by atoms with Crippen LogP contribution in [0.1, 0.15) is 37.7 Å². The molecule has 96 valence electrons. The van der Waals surface area contributed by atoms with E-state index < -0.39 is 0 Å². The second-order valence-corrected chi connectivity index (χ2v) is 6.54. The number of hydrogen-bond donors (Lipinski definition) is 1. The van der Waals surface area contributed by atoms with Crippen molar-refractivity contribution in [2.24, 2.45) is 0 Å². The van der Waals surface area contributed by atoms with Gasteiger partial charge in [0, 0.05) is 18.7 Å². The van der Waals surface area contributed by atoms with Crippen molar-refractivity contribution < 1.29 is 0 Å². The SMILES string of the molecule is CSCCC(C)N(C)c1snc(N)c1C1CC1. The largest absolute Gasteiger partial charge is 0.383 e. The van der Waals surface area contributed by atoms with Crippen LogP contribution in [-0.4, -0.2) is 29.5 Å². The first kappa shape index (κ1) is 13.0. The zero-order chi connectivity index (χ0) is 12.4. The van der Waals surface area contributed by atoms with Crippen LogP contribution >= 0.6 is 23.3 Å². The Labute approximate surface area is 112 Å². The molecule has 1 aliphatic rings.